The summed E-state index contributed by atoms with van der Waals surface area (Å²) in [7, 11) is 2.02. The number of benzene rings is 1. The summed E-state index contributed by atoms with van der Waals surface area (Å²) in [6.07, 6.45) is 2.01. The summed E-state index contributed by atoms with van der Waals surface area (Å²) in [5.41, 5.74) is 2.57. The van der Waals surface area contributed by atoms with Gasteiger partial charge in [0, 0.05) is 12.6 Å². The zero-order valence-electron chi connectivity index (χ0n) is 12.4. The predicted octanol–water partition coefficient (Wildman–Crippen LogP) is 3.33. The molecule has 0 aliphatic rings. The number of nitrogens with one attached hydrogen (secondary N) is 1. The Hall–Kier alpha value is -0.860. The highest BCUT2D eigenvalue weighted by atomic mass is 16.5. The minimum Gasteiger partial charge on any atom is -0.374 e. The van der Waals surface area contributed by atoms with Crippen LogP contribution in [0.5, 0.6) is 0 Å². The van der Waals surface area contributed by atoms with Gasteiger partial charge in [0.2, 0.25) is 0 Å². The molecule has 0 saturated heterocycles. The minimum atomic E-state index is -0.103. The Morgan fingerprint density at radius 2 is 1.83 bits per heavy atom. The van der Waals surface area contributed by atoms with Gasteiger partial charge in [0.15, 0.2) is 0 Å². The first-order valence-corrected chi connectivity index (χ1v) is 6.92. The second-order valence-electron chi connectivity index (χ2n) is 5.13. The van der Waals surface area contributed by atoms with E-state index >= 15 is 0 Å². The van der Waals surface area contributed by atoms with Gasteiger partial charge >= 0.3 is 0 Å². The average Bonchev–Trinajstić information content (AvgIpc) is 2.38. The summed E-state index contributed by atoms with van der Waals surface area (Å²) in [5.74, 6) is 0. The fourth-order valence-corrected chi connectivity index (χ4v) is 2.36. The smallest absolute Gasteiger partial charge is 0.0807 e. The molecule has 0 spiro atoms. The van der Waals surface area contributed by atoms with Gasteiger partial charge in [0.05, 0.1) is 5.60 Å². The van der Waals surface area contributed by atoms with Gasteiger partial charge in [-0.2, -0.15) is 0 Å². The van der Waals surface area contributed by atoms with Crippen molar-refractivity contribution >= 4 is 0 Å². The molecule has 2 heteroatoms. The Balaban J connectivity index is 2.79. The van der Waals surface area contributed by atoms with Crippen LogP contribution in [0.1, 0.15) is 38.3 Å². The molecule has 1 aromatic rings. The van der Waals surface area contributed by atoms with Crippen LogP contribution in [0.25, 0.3) is 0 Å². The maximum Gasteiger partial charge on any atom is 0.0807 e. The van der Waals surface area contributed by atoms with Gasteiger partial charge in [-0.15, -0.1) is 0 Å². The van der Waals surface area contributed by atoms with Crippen molar-refractivity contribution in [1.82, 2.24) is 5.32 Å². The molecule has 0 aromatic heterocycles. The molecular weight excluding hydrogens is 222 g/mol. The highest BCUT2D eigenvalue weighted by Gasteiger charge is 2.32. The highest BCUT2D eigenvalue weighted by Crippen LogP contribution is 2.23. The van der Waals surface area contributed by atoms with Crippen molar-refractivity contribution in [3.05, 3.63) is 35.4 Å². The van der Waals surface area contributed by atoms with Gasteiger partial charge in [-0.1, -0.05) is 36.8 Å². The van der Waals surface area contributed by atoms with Crippen molar-refractivity contribution in [2.24, 2.45) is 0 Å². The van der Waals surface area contributed by atoms with E-state index in [-0.39, 0.29) is 5.60 Å². The second-order valence-corrected chi connectivity index (χ2v) is 5.13. The summed E-state index contributed by atoms with van der Waals surface area (Å²) in [6, 6.07) is 9.10. The Morgan fingerprint density at radius 1 is 1.22 bits per heavy atom. The maximum absolute atomic E-state index is 5.97. The maximum atomic E-state index is 5.97. The molecule has 1 rings (SSSR count). The van der Waals surface area contributed by atoms with E-state index in [9.17, 15) is 0 Å². The molecule has 1 N–H and O–H groups in total. The van der Waals surface area contributed by atoms with E-state index in [0.29, 0.717) is 6.04 Å². The van der Waals surface area contributed by atoms with Crippen LogP contribution < -0.4 is 5.32 Å². The van der Waals surface area contributed by atoms with Crippen LogP contribution in [0.15, 0.2) is 24.3 Å². The van der Waals surface area contributed by atoms with Crippen molar-refractivity contribution in [3.63, 3.8) is 0 Å². The van der Waals surface area contributed by atoms with E-state index in [1.807, 2.05) is 7.05 Å². The number of hydrogen-bond donors (Lipinski definition) is 1. The monoisotopic (exact) mass is 249 g/mol. The Bertz CT molecular complexity index is 347. The van der Waals surface area contributed by atoms with Crippen LogP contribution >= 0.6 is 0 Å². The van der Waals surface area contributed by atoms with E-state index in [0.717, 1.165) is 19.4 Å². The lowest BCUT2D eigenvalue weighted by atomic mass is 9.88. The number of aryl methyl sites for hydroxylation is 1. The lowest BCUT2D eigenvalue weighted by Gasteiger charge is -2.37. The zero-order chi connectivity index (χ0) is 13.6. The van der Waals surface area contributed by atoms with Crippen molar-refractivity contribution < 1.29 is 4.74 Å². The van der Waals surface area contributed by atoms with E-state index < -0.39 is 0 Å². The number of hydrogen-bond acceptors (Lipinski definition) is 2. The highest BCUT2D eigenvalue weighted by molar-refractivity contribution is 5.22. The summed E-state index contributed by atoms with van der Waals surface area (Å²) in [5, 5.41) is 3.42. The van der Waals surface area contributed by atoms with E-state index in [4.69, 9.17) is 4.74 Å². The molecule has 0 aliphatic heterocycles. The minimum absolute atomic E-state index is 0.103. The van der Waals surface area contributed by atoms with Crippen molar-refractivity contribution in [3.8, 4) is 0 Å². The van der Waals surface area contributed by atoms with Crippen molar-refractivity contribution in [2.75, 3.05) is 13.7 Å². The lowest BCUT2D eigenvalue weighted by molar-refractivity contribution is -0.0534. The van der Waals surface area contributed by atoms with Crippen LogP contribution in [0.4, 0.5) is 0 Å². The fourth-order valence-electron chi connectivity index (χ4n) is 2.36. The molecule has 2 nitrogen and oxygen atoms in total. The summed E-state index contributed by atoms with van der Waals surface area (Å²) >= 11 is 0. The van der Waals surface area contributed by atoms with Gasteiger partial charge in [0.25, 0.3) is 0 Å². The molecule has 2 unspecified atom stereocenters. The molecule has 2 atom stereocenters. The van der Waals surface area contributed by atoms with Crippen molar-refractivity contribution in [2.45, 2.75) is 52.2 Å². The molecule has 1 aromatic carbocycles. The van der Waals surface area contributed by atoms with Gasteiger partial charge in [-0.3, -0.25) is 0 Å². The molecule has 18 heavy (non-hydrogen) atoms. The number of likely N-dealkylation sites (N-methyl/N-ethyl adjacent to an activating group) is 1. The third kappa shape index (κ3) is 3.82. The van der Waals surface area contributed by atoms with E-state index in [2.05, 4.69) is 57.3 Å². The average molecular weight is 249 g/mol. The van der Waals surface area contributed by atoms with Crippen LogP contribution in [0.3, 0.4) is 0 Å². The lowest BCUT2D eigenvalue weighted by Crippen LogP contribution is -2.50. The fraction of sp³-hybridized carbons (Fsp3) is 0.625. The SMILES string of the molecule is CCOC(C)(CC)C(Cc1ccc(C)cc1)NC. The first-order chi connectivity index (χ1) is 8.55. The predicted molar refractivity (Wildman–Crippen MR) is 78.1 cm³/mol. The number of ether oxygens (including phenoxy) is 1. The third-order valence-corrected chi connectivity index (χ3v) is 3.82. The topological polar surface area (TPSA) is 21.3 Å². The van der Waals surface area contributed by atoms with Gasteiger partial charge < -0.3 is 10.1 Å². The Labute approximate surface area is 112 Å². The van der Waals surface area contributed by atoms with Gasteiger partial charge in [-0.05, 0) is 46.2 Å². The van der Waals surface area contributed by atoms with Crippen LogP contribution in [-0.2, 0) is 11.2 Å². The van der Waals surface area contributed by atoms with Crippen LogP contribution in [-0.4, -0.2) is 25.3 Å². The molecule has 0 fully saturated rings. The molecule has 102 valence electrons. The molecule has 0 amide bonds. The molecule has 0 radical (unpaired) electrons. The quantitative estimate of drug-likeness (QED) is 0.800. The van der Waals surface area contributed by atoms with Crippen LogP contribution in [0, 0.1) is 6.92 Å². The Morgan fingerprint density at radius 3 is 2.28 bits per heavy atom. The zero-order valence-corrected chi connectivity index (χ0v) is 12.4. The Kier molecular flexibility index (Phi) is 5.83. The normalized spacial score (nSPS) is 16.3. The van der Waals surface area contributed by atoms with E-state index in [1.165, 1.54) is 11.1 Å². The standard InChI is InChI=1S/C16H27NO/c1-6-16(4,18-7-2)15(17-5)12-14-10-8-13(3)9-11-14/h8-11,15,17H,6-7,12H2,1-5H3. The largest absolute Gasteiger partial charge is 0.374 e. The first-order valence-electron chi connectivity index (χ1n) is 6.92. The summed E-state index contributed by atoms with van der Waals surface area (Å²) in [4.78, 5) is 0. The second kappa shape index (κ2) is 6.91. The molecule has 0 saturated carbocycles. The summed E-state index contributed by atoms with van der Waals surface area (Å²) in [6.45, 7) is 9.33. The first kappa shape index (κ1) is 15.2. The molecule has 0 aliphatic carbocycles. The van der Waals surface area contributed by atoms with Gasteiger partial charge in [0.1, 0.15) is 0 Å². The van der Waals surface area contributed by atoms with Crippen LogP contribution in [0.2, 0.25) is 0 Å². The van der Waals surface area contributed by atoms with E-state index in [1.54, 1.807) is 0 Å². The molecule has 0 heterocycles. The number of rotatable bonds is 7. The summed E-state index contributed by atoms with van der Waals surface area (Å²) < 4.78 is 5.97. The van der Waals surface area contributed by atoms with Gasteiger partial charge in [-0.25, -0.2) is 0 Å². The van der Waals surface area contributed by atoms with Crippen molar-refractivity contribution in [1.29, 1.82) is 0 Å². The third-order valence-electron chi connectivity index (χ3n) is 3.82. The molecular formula is C16H27NO. The molecule has 0 bridgehead atoms.